The molecule has 0 bridgehead atoms. The molecule has 446 valence electrons. The van der Waals surface area contributed by atoms with Crippen LogP contribution < -0.4 is 0 Å². The van der Waals surface area contributed by atoms with Crippen LogP contribution >= 0.6 is 0 Å². The van der Waals surface area contributed by atoms with E-state index >= 15 is 43.9 Å². The van der Waals surface area contributed by atoms with Gasteiger partial charge in [-0.1, -0.05) is 0 Å². The van der Waals surface area contributed by atoms with Crippen molar-refractivity contribution in [2.24, 2.45) is 5.41 Å². The van der Waals surface area contributed by atoms with E-state index < -0.39 is 138 Å². The Hall–Kier alpha value is -3.48. The van der Waals surface area contributed by atoms with Gasteiger partial charge in [0.05, 0.1) is 0 Å². The lowest BCUT2D eigenvalue weighted by Gasteiger charge is -2.59. The summed E-state index contributed by atoms with van der Waals surface area (Å²) in [7, 11) is 0. The summed E-state index contributed by atoms with van der Waals surface area (Å²) in [4.78, 5) is 0. The molecule has 0 aromatic rings. The number of hydrogen-bond acceptors (Lipinski definition) is 3. The van der Waals surface area contributed by atoms with Crippen LogP contribution in [0.1, 0.15) is 0 Å². The molecule has 0 fully saturated rings. The highest BCUT2D eigenvalue weighted by Gasteiger charge is 3.09. The third-order valence-electron chi connectivity index (χ3n) is 8.42. The van der Waals surface area contributed by atoms with Gasteiger partial charge in [-0.15, -0.1) is 39.5 Å². The minimum atomic E-state index is -12.9. The highest BCUT2D eigenvalue weighted by atomic mass is 19.5. The second kappa shape index (κ2) is 17.3. The summed E-state index contributed by atoms with van der Waals surface area (Å²) in [5.41, 5.74) is -12.9. The second-order valence-corrected chi connectivity index (χ2v) is 13.1. The van der Waals surface area contributed by atoms with Crippen LogP contribution in [0, 0.1) is 5.41 Å². The highest BCUT2D eigenvalue weighted by molar-refractivity contribution is 5.29. The lowest BCUT2D eigenvalue weighted by Crippen LogP contribution is -2.89. The highest BCUT2D eigenvalue weighted by Crippen LogP contribution is 2.79. The Labute approximate surface area is 364 Å². The molecule has 51 heteroatoms. The lowest BCUT2D eigenvalue weighted by atomic mass is 9.61. The van der Waals surface area contributed by atoms with Gasteiger partial charge in [-0.25, -0.2) is 14.2 Å². The zero-order valence-corrected chi connectivity index (χ0v) is 30.9. The maximum atomic E-state index is 15.9. The van der Waals surface area contributed by atoms with Gasteiger partial charge in [-0.05, 0) is 0 Å². The van der Waals surface area contributed by atoms with Crippen LogP contribution in [0.2, 0.25) is 0 Å². The molecule has 0 aliphatic carbocycles. The standard InChI is InChI=1S/C23F48O3/c24-2(25,5(30,31)7(34,35)9(38,39)11(42,43)13(46,47)15(50,51)18(57,58)59)1(4(28,29)17(54,55)56,20(72-21(63,64)65,73-22(66,67)68)74-23(69,70)71)3(26,27)6(32,33)8(36,37)10(40,41)12(44,45)14(48,49)16(52,53)19(60,61)62. The summed E-state index contributed by atoms with van der Waals surface area (Å²) in [5.74, 6) is -179. The van der Waals surface area contributed by atoms with Gasteiger partial charge >= 0.3 is 132 Å². The topological polar surface area (TPSA) is 27.7 Å². The minimum absolute atomic E-state index is 0.351. The van der Waals surface area contributed by atoms with E-state index in [-0.39, 0.29) is 0 Å². The molecule has 0 unspecified atom stereocenters. The quantitative estimate of drug-likeness (QED) is 0.0953. The molecule has 0 radical (unpaired) electrons. The van der Waals surface area contributed by atoms with Crippen molar-refractivity contribution in [1.29, 1.82) is 0 Å². The van der Waals surface area contributed by atoms with Crippen LogP contribution in [-0.4, -0.2) is 132 Å². The summed E-state index contributed by atoms with van der Waals surface area (Å²) in [6.45, 7) is 0. The van der Waals surface area contributed by atoms with E-state index in [1.54, 1.807) is 0 Å². The van der Waals surface area contributed by atoms with Crippen LogP contribution in [0.25, 0.3) is 0 Å². The van der Waals surface area contributed by atoms with Crippen LogP contribution in [0.4, 0.5) is 211 Å². The van der Waals surface area contributed by atoms with Crippen molar-refractivity contribution in [3.63, 3.8) is 0 Å². The van der Waals surface area contributed by atoms with Crippen LogP contribution in [0.5, 0.6) is 0 Å². The van der Waals surface area contributed by atoms with E-state index in [2.05, 4.69) is 0 Å². The molecule has 0 saturated heterocycles. The van der Waals surface area contributed by atoms with E-state index in [9.17, 15) is 167 Å². The molecule has 0 spiro atoms. The number of ether oxygens (including phenoxy) is 3. The van der Waals surface area contributed by atoms with Gasteiger partial charge in [0.15, 0.2) is 0 Å². The molecule has 0 aliphatic heterocycles. The molecule has 0 N–H and O–H groups in total. The van der Waals surface area contributed by atoms with Crippen molar-refractivity contribution in [1.82, 2.24) is 0 Å². The van der Waals surface area contributed by atoms with Crippen molar-refractivity contribution >= 4 is 0 Å². The maximum absolute atomic E-state index is 15.9. The Morgan fingerprint density at radius 2 is 0.257 bits per heavy atom. The summed E-state index contributed by atoms with van der Waals surface area (Å²) in [5, 5.41) is 0. The molecule has 0 saturated carbocycles. The van der Waals surface area contributed by atoms with E-state index in [1.807, 2.05) is 0 Å². The number of hydrogen-bond donors (Lipinski definition) is 0. The Morgan fingerprint density at radius 3 is 0.378 bits per heavy atom. The van der Waals surface area contributed by atoms with E-state index in [0.29, 0.717) is 14.2 Å². The van der Waals surface area contributed by atoms with Crippen LogP contribution in [0.3, 0.4) is 0 Å². The molecule has 0 rings (SSSR count). The Bertz CT molecular complexity index is 1840. The van der Waals surface area contributed by atoms with Gasteiger partial charge in [0.1, 0.15) is 0 Å². The first kappa shape index (κ1) is 70.5. The molecular formula is C23F48O3. The second-order valence-electron chi connectivity index (χ2n) is 13.1. The molecule has 0 aromatic carbocycles. The predicted molar refractivity (Wildman–Crippen MR) is 119 cm³/mol. The third-order valence-corrected chi connectivity index (χ3v) is 8.42. The molecule has 3 nitrogen and oxygen atoms in total. The molecule has 0 heterocycles. The lowest BCUT2D eigenvalue weighted by molar-refractivity contribution is -0.655. The van der Waals surface area contributed by atoms with Crippen LogP contribution in [-0.2, 0) is 14.2 Å². The fourth-order valence-electron chi connectivity index (χ4n) is 4.93. The number of alkyl halides is 48. The molecule has 0 amide bonds. The maximum Gasteiger partial charge on any atom is 0.526 e. The Balaban J connectivity index is 10.8. The minimum Gasteiger partial charge on any atom is -0.232 e. The molecule has 0 aliphatic rings. The SMILES string of the molecule is FC(F)(F)OC(OC(F)(F)F)(OC(F)(F)F)C(C(F)(F)C(F)(F)F)(C(F)(F)C(F)(F)C(F)(F)C(F)(F)C(F)(F)C(F)(F)C(F)(F)C(F)(F)F)C(F)(F)C(F)(F)C(F)(F)C(F)(F)C(F)(F)C(F)(F)C(F)(F)C(F)(F)F. The van der Waals surface area contributed by atoms with Gasteiger partial charge < -0.3 is 0 Å². The molecular weight excluding hydrogens is 1240 g/mol. The fourth-order valence-corrected chi connectivity index (χ4v) is 4.93. The van der Waals surface area contributed by atoms with Crippen LogP contribution in [0.15, 0.2) is 0 Å². The van der Waals surface area contributed by atoms with Crippen molar-refractivity contribution < 1.29 is 225 Å². The Morgan fingerprint density at radius 1 is 0.135 bits per heavy atom. The Kier molecular flexibility index (Phi) is 16.4. The summed E-state index contributed by atoms with van der Waals surface area (Å²) in [6, 6.07) is 0. The summed E-state index contributed by atoms with van der Waals surface area (Å²) < 4.78 is 672. The van der Waals surface area contributed by atoms with Gasteiger partial charge in [0.25, 0.3) is 5.41 Å². The average Bonchev–Trinajstić information content (AvgIpc) is 3.06. The molecule has 0 atom stereocenters. The molecule has 74 heavy (non-hydrogen) atoms. The number of rotatable bonds is 19. The van der Waals surface area contributed by atoms with Crippen molar-refractivity contribution in [3.8, 4) is 0 Å². The molecule has 0 aromatic heterocycles. The van der Waals surface area contributed by atoms with Crippen molar-refractivity contribution in [2.45, 2.75) is 132 Å². The largest absolute Gasteiger partial charge is 0.526 e. The average molecular weight is 1240 g/mol. The smallest absolute Gasteiger partial charge is 0.232 e. The van der Waals surface area contributed by atoms with Gasteiger partial charge in [0.2, 0.25) is 0 Å². The monoisotopic (exact) mass is 1240 g/mol. The normalized spacial score (nSPS) is 17.4. The zero-order valence-electron chi connectivity index (χ0n) is 30.9. The predicted octanol–water partition coefficient (Wildman–Crippen LogP) is 15.5. The van der Waals surface area contributed by atoms with Gasteiger partial charge in [-0.2, -0.15) is 171 Å². The van der Waals surface area contributed by atoms with Gasteiger partial charge in [-0.3, -0.25) is 0 Å². The summed E-state index contributed by atoms with van der Waals surface area (Å²) >= 11 is 0. The first-order valence-corrected chi connectivity index (χ1v) is 15.0. The fraction of sp³-hybridized carbons (Fsp3) is 1.00. The summed E-state index contributed by atoms with van der Waals surface area (Å²) in [6.07, 6.45) is -57.3. The van der Waals surface area contributed by atoms with E-state index in [0.717, 1.165) is 0 Å². The first-order valence-electron chi connectivity index (χ1n) is 15.0. The van der Waals surface area contributed by atoms with E-state index in [1.165, 1.54) is 0 Å². The van der Waals surface area contributed by atoms with Crippen molar-refractivity contribution in [3.05, 3.63) is 0 Å². The first-order chi connectivity index (χ1) is 30.9. The third kappa shape index (κ3) is 9.08. The van der Waals surface area contributed by atoms with E-state index in [4.69, 9.17) is 0 Å². The number of halogens is 48. The van der Waals surface area contributed by atoms with Gasteiger partial charge in [0, 0.05) is 0 Å². The zero-order chi connectivity index (χ0) is 61.6. The van der Waals surface area contributed by atoms with Crippen molar-refractivity contribution in [2.75, 3.05) is 0 Å².